The highest BCUT2D eigenvalue weighted by Gasteiger charge is 2.04. The number of rotatable bonds is 3. The van der Waals surface area contributed by atoms with Gasteiger partial charge in [0.05, 0.1) is 16.0 Å². The second kappa shape index (κ2) is 4.47. The molecule has 0 amide bonds. The van der Waals surface area contributed by atoms with E-state index in [1.54, 1.807) is 11.3 Å². The number of hydrogen-bond acceptors (Lipinski definition) is 3. The molecule has 0 saturated heterocycles. The molecule has 2 N–H and O–H groups in total. The Morgan fingerprint density at radius 2 is 2.33 bits per heavy atom. The molecule has 5 heteroatoms. The lowest BCUT2D eigenvalue weighted by atomic mass is 10.3. The van der Waals surface area contributed by atoms with E-state index in [0.717, 1.165) is 21.6 Å². The first-order valence-electron chi connectivity index (χ1n) is 4.66. The van der Waals surface area contributed by atoms with Gasteiger partial charge in [-0.2, -0.15) is 5.10 Å². The van der Waals surface area contributed by atoms with E-state index in [4.69, 9.17) is 5.73 Å². The summed E-state index contributed by atoms with van der Waals surface area (Å²) >= 11 is 5.18. The molecule has 0 saturated carbocycles. The average Bonchev–Trinajstić information content (AvgIpc) is 2.73. The molecular weight excluding hydrogens is 274 g/mol. The molecule has 0 unspecified atom stereocenters. The predicted octanol–water partition coefficient (Wildman–Crippen LogP) is 2.52. The minimum atomic E-state index is 0.556. The largest absolute Gasteiger partial charge is 0.326 e. The van der Waals surface area contributed by atoms with Crippen molar-refractivity contribution < 1.29 is 0 Å². The summed E-state index contributed by atoms with van der Waals surface area (Å²) in [5.41, 5.74) is 7.74. The molecule has 0 atom stereocenters. The van der Waals surface area contributed by atoms with Gasteiger partial charge in [-0.05, 0) is 35.0 Å². The maximum absolute atomic E-state index is 5.60. The Morgan fingerprint density at radius 1 is 1.53 bits per heavy atom. The van der Waals surface area contributed by atoms with Gasteiger partial charge in [0, 0.05) is 23.2 Å². The minimum Gasteiger partial charge on any atom is -0.326 e. The van der Waals surface area contributed by atoms with Gasteiger partial charge in [0.25, 0.3) is 0 Å². The number of hydrogen-bond donors (Lipinski definition) is 1. The van der Waals surface area contributed by atoms with E-state index in [-0.39, 0.29) is 0 Å². The lowest BCUT2D eigenvalue weighted by Gasteiger charge is -1.96. The first kappa shape index (κ1) is 10.9. The summed E-state index contributed by atoms with van der Waals surface area (Å²) in [6, 6.07) is 4.16. The molecule has 3 nitrogen and oxygen atoms in total. The topological polar surface area (TPSA) is 43.8 Å². The maximum atomic E-state index is 5.60. The van der Waals surface area contributed by atoms with Crippen molar-refractivity contribution in [2.45, 2.75) is 20.0 Å². The Hall–Kier alpha value is -0.650. The summed E-state index contributed by atoms with van der Waals surface area (Å²) in [4.78, 5) is 1.29. The Bertz CT molecular complexity index is 461. The number of aromatic nitrogens is 2. The highest BCUT2D eigenvalue weighted by atomic mass is 79.9. The zero-order chi connectivity index (χ0) is 10.8. The van der Waals surface area contributed by atoms with E-state index in [0.29, 0.717) is 6.54 Å². The Labute approximate surface area is 101 Å². The van der Waals surface area contributed by atoms with Crippen LogP contribution in [0.2, 0.25) is 0 Å². The molecule has 2 aromatic heterocycles. The third kappa shape index (κ3) is 2.48. The molecule has 0 radical (unpaired) electrons. The number of thiophene rings is 1. The fourth-order valence-electron chi connectivity index (χ4n) is 1.44. The van der Waals surface area contributed by atoms with Gasteiger partial charge in [0.2, 0.25) is 0 Å². The quantitative estimate of drug-likeness (QED) is 0.942. The van der Waals surface area contributed by atoms with Crippen molar-refractivity contribution in [2.24, 2.45) is 5.73 Å². The standard InChI is InChI=1S/C10H12BrN3S/c1-7-8(4-12)5-14(13-7)6-9-2-3-10(11)15-9/h2-3,5H,4,6,12H2,1H3. The van der Waals surface area contributed by atoms with Crippen molar-refractivity contribution in [2.75, 3.05) is 0 Å². The van der Waals surface area contributed by atoms with Crippen LogP contribution < -0.4 is 5.73 Å². The van der Waals surface area contributed by atoms with Crippen LogP contribution in [0.4, 0.5) is 0 Å². The van der Waals surface area contributed by atoms with E-state index in [1.165, 1.54) is 4.88 Å². The lowest BCUT2D eigenvalue weighted by molar-refractivity contribution is 0.687. The predicted molar refractivity (Wildman–Crippen MR) is 66.0 cm³/mol. The summed E-state index contributed by atoms with van der Waals surface area (Å²) in [6.07, 6.45) is 2.02. The SMILES string of the molecule is Cc1nn(Cc2ccc(Br)s2)cc1CN. The Kier molecular flexibility index (Phi) is 3.23. The van der Waals surface area contributed by atoms with Crippen molar-refractivity contribution in [3.63, 3.8) is 0 Å². The van der Waals surface area contributed by atoms with E-state index < -0.39 is 0 Å². The molecule has 0 aliphatic heterocycles. The summed E-state index contributed by atoms with van der Waals surface area (Å²) in [6.45, 7) is 3.36. The van der Waals surface area contributed by atoms with Crippen LogP contribution in [0, 0.1) is 6.92 Å². The van der Waals surface area contributed by atoms with Crippen LogP contribution >= 0.6 is 27.3 Å². The molecule has 80 valence electrons. The second-order valence-corrected chi connectivity index (χ2v) is 5.89. The normalized spacial score (nSPS) is 10.9. The van der Waals surface area contributed by atoms with Crippen molar-refractivity contribution >= 4 is 27.3 Å². The molecule has 2 heterocycles. The highest BCUT2D eigenvalue weighted by Crippen LogP contribution is 2.22. The third-order valence-electron chi connectivity index (χ3n) is 2.21. The molecule has 2 aromatic rings. The molecule has 0 aromatic carbocycles. The van der Waals surface area contributed by atoms with Gasteiger partial charge in [0.15, 0.2) is 0 Å². The van der Waals surface area contributed by atoms with Gasteiger partial charge in [-0.15, -0.1) is 11.3 Å². The Balaban J connectivity index is 2.17. The van der Waals surface area contributed by atoms with Gasteiger partial charge in [-0.3, -0.25) is 4.68 Å². The molecule has 0 spiro atoms. The first-order valence-corrected chi connectivity index (χ1v) is 6.27. The number of halogens is 1. The van der Waals surface area contributed by atoms with Gasteiger partial charge in [0.1, 0.15) is 0 Å². The summed E-state index contributed by atoms with van der Waals surface area (Å²) in [5.74, 6) is 0. The van der Waals surface area contributed by atoms with Crippen LogP contribution in [-0.2, 0) is 13.1 Å². The van der Waals surface area contributed by atoms with Crippen molar-refractivity contribution in [1.29, 1.82) is 0 Å². The fourth-order valence-corrected chi connectivity index (χ4v) is 2.91. The number of nitrogens with zero attached hydrogens (tertiary/aromatic N) is 2. The lowest BCUT2D eigenvalue weighted by Crippen LogP contribution is -1.98. The van der Waals surface area contributed by atoms with Crippen LogP contribution in [0.5, 0.6) is 0 Å². The van der Waals surface area contributed by atoms with Crippen LogP contribution in [0.15, 0.2) is 22.1 Å². The molecule has 2 rings (SSSR count). The van der Waals surface area contributed by atoms with E-state index in [1.807, 2.05) is 17.8 Å². The molecule has 0 aliphatic rings. The van der Waals surface area contributed by atoms with Crippen LogP contribution in [-0.4, -0.2) is 9.78 Å². The number of aryl methyl sites for hydroxylation is 1. The van der Waals surface area contributed by atoms with E-state index in [9.17, 15) is 0 Å². The fraction of sp³-hybridized carbons (Fsp3) is 0.300. The highest BCUT2D eigenvalue weighted by molar-refractivity contribution is 9.11. The smallest absolute Gasteiger partial charge is 0.0752 e. The summed E-state index contributed by atoms with van der Waals surface area (Å²) in [5, 5.41) is 4.41. The second-order valence-electron chi connectivity index (χ2n) is 3.35. The molecule has 0 aliphatic carbocycles. The van der Waals surface area contributed by atoms with Gasteiger partial charge in [-0.25, -0.2) is 0 Å². The number of nitrogens with two attached hydrogens (primary N) is 1. The zero-order valence-corrected chi connectivity index (χ0v) is 10.8. The molecule has 0 fully saturated rings. The van der Waals surface area contributed by atoms with Gasteiger partial charge < -0.3 is 5.73 Å². The minimum absolute atomic E-state index is 0.556. The van der Waals surface area contributed by atoms with E-state index >= 15 is 0 Å². The van der Waals surface area contributed by atoms with Crippen molar-refractivity contribution in [3.05, 3.63) is 38.3 Å². The van der Waals surface area contributed by atoms with Crippen LogP contribution in [0.1, 0.15) is 16.1 Å². The van der Waals surface area contributed by atoms with Gasteiger partial charge in [-0.1, -0.05) is 0 Å². The van der Waals surface area contributed by atoms with Crippen LogP contribution in [0.3, 0.4) is 0 Å². The van der Waals surface area contributed by atoms with Gasteiger partial charge >= 0.3 is 0 Å². The summed E-state index contributed by atoms with van der Waals surface area (Å²) in [7, 11) is 0. The summed E-state index contributed by atoms with van der Waals surface area (Å²) < 4.78 is 3.09. The molecular formula is C10H12BrN3S. The zero-order valence-electron chi connectivity index (χ0n) is 8.40. The van der Waals surface area contributed by atoms with Crippen molar-refractivity contribution in [1.82, 2.24) is 9.78 Å². The Morgan fingerprint density at radius 3 is 2.87 bits per heavy atom. The molecule has 0 bridgehead atoms. The molecule has 15 heavy (non-hydrogen) atoms. The average molecular weight is 286 g/mol. The van der Waals surface area contributed by atoms with E-state index in [2.05, 4.69) is 33.2 Å². The van der Waals surface area contributed by atoms with Crippen molar-refractivity contribution in [3.8, 4) is 0 Å². The maximum Gasteiger partial charge on any atom is 0.0752 e. The third-order valence-corrected chi connectivity index (χ3v) is 3.82. The monoisotopic (exact) mass is 285 g/mol. The van der Waals surface area contributed by atoms with Crippen LogP contribution in [0.25, 0.3) is 0 Å². The first-order chi connectivity index (χ1) is 7.19.